The van der Waals surface area contributed by atoms with Gasteiger partial charge in [-0.15, -0.1) is 0 Å². The highest BCUT2D eigenvalue weighted by Gasteiger charge is 2.12. The fourth-order valence-corrected chi connectivity index (χ4v) is 1.79. The summed E-state index contributed by atoms with van der Waals surface area (Å²) in [5, 5.41) is -0.463. The van der Waals surface area contributed by atoms with Crippen LogP contribution in [0.2, 0.25) is 0 Å². The van der Waals surface area contributed by atoms with E-state index in [4.69, 9.17) is 9.47 Å². The van der Waals surface area contributed by atoms with Crippen LogP contribution in [0.25, 0.3) is 0 Å². The van der Waals surface area contributed by atoms with Crippen LogP contribution >= 0.6 is 11.8 Å². The number of thioether (sulfide) groups is 1. The first-order valence-corrected chi connectivity index (χ1v) is 6.21. The monoisotopic (exact) mass is 262 g/mol. The lowest BCUT2D eigenvalue weighted by Crippen LogP contribution is -2.04. The minimum atomic E-state index is -0.463. The van der Waals surface area contributed by atoms with Crippen molar-refractivity contribution in [2.75, 3.05) is 12.5 Å². The van der Waals surface area contributed by atoms with Crippen LogP contribution in [-0.4, -0.2) is 23.4 Å². The summed E-state index contributed by atoms with van der Waals surface area (Å²) in [5.74, 6) is 6.95. The Balaban J connectivity index is 1.94. The zero-order chi connectivity index (χ0) is 13.0. The molecule has 0 unspecified atom stereocenters. The summed E-state index contributed by atoms with van der Waals surface area (Å²) < 4.78 is 10.4. The largest absolute Gasteiger partial charge is 0.454 e. The molecule has 1 aromatic rings. The Morgan fingerprint density at radius 3 is 2.89 bits per heavy atom. The smallest absolute Gasteiger partial charge is 0.255 e. The van der Waals surface area contributed by atoms with Crippen molar-refractivity contribution in [3.8, 4) is 23.3 Å². The number of carbonyl (C=O) groups excluding carboxylic acids is 2. The number of Topliss-reactive ketones (excluding diaryl/α,β-unsaturated/α-hetero) is 1. The molecule has 0 bridgehead atoms. The third kappa shape index (κ3) is 3.05. The minimum Gasteiger partial charge on any atom is -0.454 e. The maximum atomic E-state index is 11.0. The number of ether oxygens (including phenoxy) is 2. The fourth-order valence-electron chi connectivity index (χ4n) is 1.32. The molecule has 0 radical (unpaired) electrons. The minimum absolute atomic E-state index is 0.231. The van der Waals surface area contributed by atoms with Gasteiger partial charge in [0.25, 0.3) is 5.12 Å². The lowest BCUT2D eigenvalue weighted by molar-refractivity contribution is -0.130. The molecule has 0 aliphatic carbocycles. The van der Waals surface area contributed by atoms with Gasteiger partial charge in [-0.05, 0) is 18.2 Å². The lowest BCUT2D eigenvalue weighted by Gasteiger charge is -1.95. The molecule has 1 aromatic carbocycles. The number of hydrogen-bond acceptors (Lipinski definition) is 5. The summed E-state index contributed by atoms with van der Waals surface area (Å²) >= 11 is 0.911. The molecular formula is C13H10O4S. The molecule has 0 N–H and O–H groups in total. The molecule has 1 aliphatic heterocycles. The first-order chi connectivity index (χ1) is 8.66. The lowest BCUT2D eigenvalue weighted by atomic mass is 10.2. The molecule has 0 aromatic heterocycles. The Hall–Kier alpha value is -1.93. The predicted molar refractivity (Wildman–Crippen MR) is 67.6 cm³/mol. The highest BCUT2D eigenvalue weighted by Crippen LogP contribution is 2.32. The van der Waals surface area contributed by atoms with Crippen LogP contribution in [-0.2, 0) is 9.59 Å². The van der Waals surface area contributed by atoms with E-state index in [2.05, 4.69) is 11.8 Å². The molecule has 0 amide bonds. The first-order valence-electron chi connectivity index (χ1n) is 5.23. The third-order valence-electron chi connectivity index (χ3n) is 2.17. The van der Waals surface area contributed by atoms with E-state index in [9.17, 15) is 9.59 Å². The molecule has 92 valence electrons. The number of fused-ring (bicyclic) bond motifs is 1. The summed E-state index contributed by atoms with van der Waals surface area (Å²) in [6.45, 7) is 1.48. The van der Waals surface area contributed by atoms with Crippen molar-refractivity contribution in [1.82, 2.24) is 0 Å². The van der Waals surface area contributed by atoms with E-state index in [0.717, 1.165) is 17.3 Å². The standard InChI is InChI=1S/C13H10O4S/c1-9(14)13(15)18-6-2-3-10-4-5-11-12(7-10)17-8-16-11/h4-5,7H,6,8H2,1H3. The van der Waals surface area contributed by atoms with Gasteiger partial charge in [-0.3, -0.25) is 9.59 Å². The van der Waals surface area contributed by atoms with E-state index in [-0.39, 0.29) is 6.79 Å². The highest BCUT2D eigenvalue weighted by molar-refractivity contribution is 8.15. The van der Waals surface area contributed by atoms with Gasteiger partial charge in [-0.25, -0.2) is 0 Å². The van der Waals surface area contributed by atoms with Crippen molar-refractivity contribution in [2.45, 2.75) is 6.92 Å². The summed E-state index contributed by atoms with van der Waals surface area (Å²) in [6.07, 6.45) is 0. The van der Waals surface area contributed by atoms with Gasteiger partial charge in [0, 0.05) is 12.5 Å². The molecule has 1 aliphatic rings. The van der Waals surface area contributed by atoms with E-state index in [1.165, 1.54) is 6.92 Å². The van der Waals surface area contributed by atoms with E-state index < -0.39 is 10.9 Å². The van der Waals surface area contributed by atoms with Crippen LogP contribution in [0, 0.1) is 11.8 Å². The zero-order valence-corrected chi connectivity index (χ0v) is 10.5. The molecule has 0 fully saturated rings. The van der Waals surface area contributed by atoms with Gasteiger partial charge in [-0.2, -0.15) is 0 Å². The molecular weight excluding hydrogens is 252 g/mol. The Bertz CT molecular complexity index is 554. The van der Waals surface area contributed by atoms with Crippen molar-refractivity contribution < 1.29 is 19.1 Å². The predicted octanol–water partition coefficient (Wildman–Crippen LogP) is 1.62. The Morgan fingerprint density at radius 1 is 1.33 bits per heavy atom. The topological polar surface area (TPSA) is 52.6 Å². The van der Waals surface area contributed by atoms with Gasteiger partial charge in [0.05, 0.1) is 5.75 Å². The van der Waals surface area contributed by atoms with E-state index in [1.54, 1.807) is 12.1 Å². The Labute approximate surface area is 109 Å². The van der Waals surface area contributed by atoms with Crippen LogP contribution in [0.1, 0.15) is 12.5 Å². The van der Waals surface area contributed by atoms with E-state index in [1.807, 2.05) is 6.07 Å². The molecule has 4 nitrogen and oxygen atoms in total. The quantitative estimate of drug-likeness (QED) is 0.598. The van der Waals surface area contributed by atoms with Crippen molar-refractivity contribution in [2.24, 2.45) is 0 Å². The average Bonchev–Trinajstić information content (AvgIpc) is 2.81. The van der Waals surface area contributed by atoms with Gasteiger partial charge in [-0.1, -0.05) is 23.6 Å². The van der Waals surface area contributed by atoms with Crippen molar-refractivity contribution in [1.29, 1.82) is 0 Å². The summed E-state index contributed by atoms with van der Waals surface area (Å²) in [7, 11) is 0. The van der Waals surface area contributed by atoms with Crippen LogP contribution in [0.4, 0.5) is 0 Å². The van der Waals surface area contributed by atoms with Crippen LogP contribution in [0.5, 0.6) is 11.5 Å². The SMILES string of the molecule is CC(=O)C(=O)SCC#Cc1ccc2c(c1)OCO2. The highest BCUT2D eigenvalue weighted by atomic mass is 32.2. The van der Waals surface area contributed by atoms with Gasteiger partial charge < -0.3 is 9.47 Å². The van der Waals surface area contributed by atoms with Crippen molar-refractivity contribution in [3.63, 3.8) is 0 Å². The van der Waals surface area contributed by atoms with Crippen LogP contribution in [0.15, 0.2) is 18.2 Å². The van der Waals surface area contributed by atoms with Crippen LogP contribution in [0.3, 0.4) is 0 Å². The zero-order valence-electron chi connectivity index (χ0n) is 9.69. The second kappa shape index (κ2) is 5.61. The number of carbonyl (C=O) groups is 2. The first kappa shape index (κ1) is 12.5. The second-order valence-electron chi connectivity index (χ2n) is 3.50. The van der Waals surface area contributed by atoms with Crippen LogP contribution < -0.4 is 9.47 Å². The maximum absolute atomic E-state index is 11.0. The average molecular weight is 262 g/mol. The Kier molecular flexibility index (Phi) is 3.90. The van der Waals surface area contributed by atoms with E-state index >= 15 is 0 Å². The molecule has 0 atom stereocenters. The number of ketones is 1. The third-order valence-corrected chi connectivity index (χ3v) is 3.01. The van der Waals surface area contributed by atoms with Gasteiger partial charge in [0.1, 0.15) is 0 Å². The normalized spacial score (nSPS) is 11.6. The molecule has 1 heterocycles. The molecule has 0 saturated carbocycles. The van der Waals surface area contributed by atoms with E-state index in [0.29, 0.717) is 17.3 Å². The summed E-state index contributed by atoms with van der Waals surface area (Å²) in [4.78, 5) is 21.7. The summed E-state index contributed by atoms with van der Waals surface area (Å²) in [5.41, 5.74) is 0.787. The van der Waals surface area contributed by atoms with Crippen molar-refractivity contribution >= 4 is 22.7 Å². The molecule has 0 saturated heterocycles. The second-order valence-corrected chi connectivity index (χ2v) is 4.45. The van der Waals surface area contributed by atoms with Gasteiger partial charge >= 0.3 is 0 Å². The number of benzene rings is 1. The van der Waals surface area contributed by atoms with Gasteiger partial charge in [0.15, 0.2) is 11.5 Å². The molecule has 5 heteroatoms. The molecule has 18 heavy (non-hydrogen) atoms. The number of rotatable bonds is 2. The fraction of sp³-hybridized carbons (Fsp3) is 0.231. The molecule has 2 rings (SSSR count). The maximum Gasteiger partial charge on any atom is 0.255 e. The Morgan fingerprint density at radius 2 is 2.11 bits per heavy atom. The molecule has 0 spiro atoms. The summed E-state index contributed by atoms with van der Waals surface area (Å²) in [6, 6.07) is 5.39. The van der Waals surface area contributed by atoms with Gasteiger partial charge in [0.2, 0.25) is 12.6 Å². The number of hydrogen-bond donors (Lipinski definition) is 0. The van der Waals surface area contributed by atoms with Crippen molar-refractivity contribution in [3.05, 3.63) is 23.8 Å².